The van der Waals surface area contributed by atoms with Crippen LogP contribution in [0.25, 0.3) is 16.8 Å². The van der Waals surface area contributed by atoms with Crippen molar-refractivity contribution < 1.29 is 19.0 Å². The monoisotopic (exact) mass is 348 g/mol. The smallest absolute Gasteiger partial charge is 0.203 e. The zero-order chi connectivity index (χ0) is 18.5. The summed E-state index contributed by atoms with van der Waals surface area (Å²) in [4.78, 5) is 12.7. The predicted octanol–water partition coefficient (Wildman–Crippen LogP) is 4.76. The first-order valence-corrected chi connectivity index (χ1v) is 8.18. The van der Waals surface area contributed by atoms with Crippen molar-refractivity contribution in [1.29, 1.82) is 0 Å². The zero-order valence-corrected chi connectivity index (χ0v) is 15.0. The van der Waals surface area contributed by atoms with Crippen LogP contribution < -0.4 is 14.2 Å². The Balaban J connectivity index is 1.96. The summed E-state index contributed by atoms with van der Waals surface area (Å²) in [6.45, 7) is 0. The highest BCUT2D eigenvalue weighted by atomic mass is 16.5. The van der Waals surface area contributed by atoms with Gasteiger partial charge in [-0.15, -0.1) is 0 Å². The van der Waals surface area contributed by atoms with Gasteiger partial charge in [-0.25, -0.2) is 0 Å². The molecule has 0 aliphatic rings. The fraction of sp³-hybridized carbons (Fsp3) is 0.136. The number of carbonyl (C=O) groups is 1. The van der Waals surface area contributed by atoms with Crippen molar-refractivity contribution in [3.63, 3.8) is 0 Å². The van der Waals surface area contributed by atoms with Gasteiger partial charge in [-0.2, -0.15) is 0 Å². The van der Waals surface area contributed by atoms with E-state index < -0.39 is 0 Å². The van der Waals surface area contributed by atoms with Gasteiger partial charge in [0, 0.05) is 5.56 Å². The molecule has 0 unspecified atom stereocenters. The molecule has 4 nitrogen and oxygen atoms in total. The number of ether oxygens (including phenoxy) is 3. The van der Waals surface area contributed by atoms with E-state index in [-0.39, 0.29) is 5.78 Å². The van der Waals surface area contributed by atoms with E-state index in [4.69, 9.17) is 14.2 Å². The van der Waals surface area contributed by atoms with E-state index in [9.17, 15) is 4.79 Å². The van der Waals surface area contributed by atoms with Crippen LogP contribution in [0, 0.1) is 0 Å². The van der Waals surface area contributed by atoms with E-state index >= 15 is 0 Å². The Morgan fingerprint density at radius 3 is 2.15 bits per heavy atom. The molecule has 0 saturated carbocycles. The van der Waals surface area contributed by atoms with Crippen molar-refractivity contribution in [2.75, 3.05) is 21.3 Å². The fourth-order valence-electron chi connectivity index (χ4n) is 2.88. The normalized spacial score (nSPS) is 10.9. The van der Waals surface area contributed by atoms with Gasteiger partial charge < -0.3 is 14.2 Å². The average Bonchev–Trinajstić information content (AvgIpc) is 2.70. The summed E-state index contributed by atoms with van der Waals surface area (Å²) in [7, 11) is 4.58. The van der Waals surface area contributed by atoms with Crippen LogP contribution in [0.5, 0.6) is 17.2 Å². The first kappa shape index (κ1) is 17.5. The van der Waals surface area contributed by atoms with Gasteiger partial charge in [0.25, 0.3) is 0 Å². The minimum Gasteiger partial charge on any atom is -0.493 e. The van der Waals surface area contributed by atoms with Crippen molar-refractivity contribution in [2.45, 2.75) is 0 Å². The first-order valence-electron chi connectivity index (χ1n) is 8.18. The van der Waals surface area contributed by atoms with E-state index in [2.05, 4.69) is 0 Å². The highest BCUT2D eigenvalue weighted by Crippen LogP contribution is 2.38. The molecule has 4 heteroatoms. The molecule has 3 aromatic rings. The summed E-state index contributed by atoms with van der Waals surface area (Å²) < 4.78 is 15.9. The Hall–Kier alpha value is -3.27. The summed E-state index contributed by atoms with van der Waals surface area (Å²) >= 11 is 0. The number of rotatable bonds is 6. The summed E-state index contributed by atoms with van der Waals surface area (Å²) in [5, 5.41) is 2.24. The second kappa shape index (κ2) is 7.74. The predicted molar refractivity (Wildman–Crippen MR) is 103 cm³/mol. The maximum atomic E-state index is 12.7. The lowest BCUT2D eigenvalue weighted by molar-refractivity contribution is 0.104. The summed E-state index contributed by atoms with van der Waals surface area (Å²) in [5.41, 5.74) is 1.46. The molecule has 26 heavy (non-hydrogen) atoms. The van der Waals surface area contributed by atoms with Gasteiger partial charge in [-0.1, -0.05) is 48.5 Å². The van der Waals surface area contributed by atoms with Crippen molar-refractivity contribution in [3.8, 4) is 17.2 Å². The third-order valence-corrected chi connectivity index (χ3v) is 4.19. The maximum absolute atomic E-state index is 12.7. The van der Waals surface area contributed by atoms with Crippen molar-refractivity contribution in [3.05, 3.63) is 71.8 Å². The SMILES string of the molecule is COc1cc(C(=O)C=Cc2cccc3ccccc23)cc(OC)c1OC. The Bertz CT molecular complexity index is 943. The molecular formula is C22H20O4. The molecule has 0 bridgehead atoms. The lowest BCUT2D eigenvalue weighted by atomic mass is 10.0. The van der Waals surface area contributed by atoms with Gasteiger partial charge in [0.15, 0.2) is 17.3 Å². The molecular weight excluding hydrogens is 328 g/mol. The lowest BCUT2D eigenvalue weighted by Crippen LogP contribution is -2.00. The number of ketones is 1. The van der Waals surface area contributed by atoms with Gasteiger partial charge in [-0.3, -0.25) is 4.79 Å². The Morgan fingerprint density at radius 1 is 0.846 bits per heavy atom. The second-order valence-electron chi connectivity index (χ2n) is 5.68. The average molecular weight is 348 g/mol. The zero-order valence-electron chi connectivity index (χ0n) is 15.0. The summed E-state index contributed by atoms with van der Waals surface area (Å²) in [6, 6.07) is 17.4. The molecule has 0 amide bonds. The van der Waals surface area contributed by atoms with Crippen LogP contribution in [0.2, 0.25) is 0 Å². The molecule has 0 aliphatic heterocycles. The van der Waals surface area contributed by atoms with E-state index in [0.717, 1.165) is 16.3 Å². The van der Waals surface area contributed by atoms with E-state index in [1.165, 1.54) is 21.3 Å². The van der Waals surface area contributed by atoms with E-state index in [1.807, 2.05) is 48.5 Å². The van der Waals surface area contributed by atoms with Crippen LogP contribution >= 0.6 is 0 Å². The molecule has 0 radical (unpaired) electrons. The largest absolute Gasteiger partial charge is 0.493 e. The van der Waals surface area contributed by atoms with Crippen molar-refractivity contribution >= 4 is 22.6 Å². The molecule has 3 aromatic carbocycles. The van der Waals surface area contributed by atoms with Crippen LogP contribution in [0.3, 0.4) is 0 Å². The van der Waals surface area contributed by atoms with E-state index in [0.29, 0.717) is 22.8 Å². The van der Waals surface area contributed by atoms with Crippen LogP contribution in [-0.2, 0) is 0 Å². The van der Waals surface area contributed by atoms with E-state index in [1.54, 1.807) is 18.2 Å². The Morgan fingerprint density at radius 2 is 1.50 bits per heavy atom. The minimum absolute atomic E-state index is 0.141. The lowest BCUT2D eigenvalue weighted by Gasteiger charge is -2.13. The van der Waals surface area contributed by atoms with Crippen molar-refractivity contribution in [2.24, 2.45) is 0 Å². The number of hydrogen-bond acceptors (Lipinski definition) is 4. The van der Waals surface area contributed by atoms with Crippen LogP contribution in [0.4, 0.5) is 0 Å². The first-order chi connectivity index (χ1) is 12.7. The van der Waals surface area contributed by atoms with Gasteiger partial charge in [0.05, 0.1) is 21.3 Å². The van der Waals surface area contributed by atoms with Crippen LogP contribution in [0.15, 0.2) is 60.7 Å². The minimum atomic E-state index is -0.141. The van der Waals surface area contributed by atoms with Crippen LogP contribution in [0.1, 0.15) is 15.9 Å². The number of benzene rings is 3. The molecule has 0 spiro atoms. The fourth-order valence-corrected chi connectivity index (χ4v) is 2.88. The van der Waals surface area contributed by atoms with Gasteiger partial charge in [0.2, 0.25) is 5.75 Å². The summed E-state index contributed by atoms with van der Waals surface area (Å²) in [6.07, 6.45) is 3.39. The molecule has 0 fully saturated rings. The topological polar surface area (TPSA) is 44.8 Å². The highest BCUT2D eigenvalue weighted by Gasteiger charge is 2.15. The van der Waals surface area contributed by atoms with Crippen molar-refractivity contribution in [1.82, 2.24) is 0 Å². The Labute approximate surface area is 152 Å². The third kappa shape index (κ3) is 3.40. The quantitative estimate of drug-likeness (QED) is 0.476. The van der Waals surface area contributed by atoms with Gasteiger partial charge >= 0.3 is 0 Å². The maximum Gasteiger partial charge on any atom is 0.203 e. The standard InChI is InChI=1S/C22H20O4/c1-24-20-13-17(14-21(25-2)22(20)26-3)19(23)12-11-16-9-6-8-15-7-4-5-10-18(15)16/h4-14H,1-3H3. The molecule has 3 rings (SSSR count). The number of fused-ring (bicyclic) bond motifs is 1. The molecule has 0 N–H and O–H groups in total. The Kier molecular flexibility index (Phi) is 5.23. The molecule has 0 heterocycles. The second-order valence-corrected chi connectivity index (χ2v) is 5.68. The number of carbonyl (C=O) groups excluding carboxylic acids is 1. The number of hydrogen-bond donors (Lipinski definition) is 0. The molecule has 132 valence electrons. The molecule has 0 atom stereocenters. The molecule has 0 aromatic heterocycles. The van der Waals surface area contributed by atoms with Gasteiger partial charge in [-0.05, 0) is 34.5 Å². The van der Waals surface area contributed by atoms with Crippen LogP contribution in [-0.4, -0.2) is 27.1 Å². The number of methoxy groups -OCH3 is 3. The molecule has 0 saturated heterocycles. The number of allylic oxidation sites excluding steroid dienone is 1. The third-order valence-electron chi connectivity index (χ3n) is 4.19. The van der Waals surface area contributed by atoms with Gasteiger partial charge in [0.1, 0.15) is 0 Å². The molecule has 0 aliphatic carbocycles. The highest BCUT2D eigenvalue weighted by molar-refractivity contribution is 6.08. The summed E-state index contributed by atoms with van der Waals surface area (Å²) in [5.74, 6) is 1.23.